The number of nitrogens with zero attached hydrogens (tertiary/aromatic N) is 3. The van der Waals surface area contributed by atoms with E-state index in [0.29, 0.717) is 17.1 Å². The first-order valence-corrected chi connectivity index (χ1v) is 13.0. The minimum Gasteiger partial charge on any atom is -0.489 e. The lowest BCUT2D eigenvalue weighted by atomic mass is 9.84. The number of benzene rings is 1. The standard InChI is InChI=1S/C27H34N4O4/c32-27(21-3-6-23-24(17-21)35-18-34-23)29-22-4-1-19(2-5-22)8-11-30-12-14-31(15-13-30)26-25-20(7-10-28-26)9-16-33-25/h3,6-7,10,17,19,22H,1-2,4-5,8-9,11-16,18H2,(H,29,32)/t19-,22-. The number of ether oxygens (including phenoxy) is 3. The average Bonchev–Trinajstić information content (AvgIpc) is 3.57. The Balaban J connectivity index is 0.918. The number of aromatic nitrogens is 1. The first-order valence-electron chi connectivity index (χ1n) is 13.0. The van der Waals surface area contributed by atoms with Crippen molar-refractivity contribution in [3.63, 3.8) is 0 Å². The van der Waals surface area contributed by atoms with E-state index in [2.05, 4.69) is 26.2 Å². The molecular formula is C27H34N4O4. The van der Waals surface area contributed by atoms with Crippen LogP contribution in [0.4, 0.5) is 5.82 Å². The second-order valence-corrected chi connectivity index (χ2v) is 10.1. The molecule has 1 aromatic heterocycles. The van der Waals surface area contributed by atoms with Gasteiger partial charge in [0.25, 0.3) is 5.91 Å². The third kappa shape index (κ3) is 4.89. The summed E-state index contributed by atoms with van der Waals surface area (Å²) in [6, 6.07) is 7.74. The molecule has 186 valence electrons. The Hall–Kier alpha value is -3.00. The van der Waals surface area contributed by atoms with Gasteiger partial charge in [-0.3, -0.25) is 9.69 Å². The molecule has 8 heteroatoms. The van der Waals surface area contributed by atoms with E-state index in [0.717, 1.165) is 76.1 Å². The molecule has 1 saturated carbocycles. The quantitative estimate of drug-likeness (QED) is 0.683. The van der Waals surface area contributed by atoms with E-state index in [1.165, 1.54) is 24.8 Å². The van der Waals surface area contributed by atoms with Gasteiger partial charge in [0.05, 0.1) is 6.61 Å². The molecule has 1 N–H and O–H groups in total. The molecule has 35 heavy (non-hydrogen) atoms. The van der Waals surface area contributed by atoms with E-state index in [4.69, 9.17) is 14.2 Å². The van der Waals surface area contributed by atoms with E-state index in [9.17, 15) is 4.79 Å². The van der Waals surface area contributed by atoms with Crippen molar-refractivity contribution in [3.05, 3.63) is 41.6 Å². The van der Waals surface area contributed by atoms with Crippen LogP contribution in [-0.4, -0.2) is 68.0 Å². The van der Waals surface area contributed by atoms with E-state index < -0.39 is 0 Å². The van der Waals surface area contributed by atoms with Gasteiger partial charge in [0, 0.05) is 56.0 Å². The lowest BCUT2D eigenvalue weighted by Crippen LogP contribution is -2.47. The summed E-state index contributed by atoms with van der Waals surface area (Å²) in [5.41, 5.74) is 1.93. The Morgan fingerprint density at radius 3 is 2.69 bits per heavy atom. The SMILES string of the molecule is O=C(N[C@H]1CC[C@H](CCN2CCN(c3nccc4c3OCC4)CC2)CC1)c1ccc2c(c1)OCO2. The maximum Gasteiger partial charge on any atom is 0.251 e. The number of anilines is 1. The van der Waals surface area contributed by atoms with Crippen LogP contribution in [-0.2, 0) is 6.42 Å². The topological polar surface area (TPSA) is 76.2 Å². The molecule has 4 heterocycles. The second kappa shape index (κ2) is 9.93. The van der Waals surface area contributed by atoms with Gasteiger partial charge in [-0.05, 0) is 68.8 Å². The highest BCUT2D eigenvalue weighted by molar-refractivity contribution is 5.95. The van der Waals surface area contributed by atoms with Crippen LogP contribution in [0.5, 0.6) is 17.2 Å². The molecule has 2 fully saturated rings. The van der Waals surface area contributed by atoms with Crippen molar-refractivity contribution in [3.8, 4) is 17.2 Å². The molecule has 4 aliphatic rings. The lowest BCUT2D eigenvalue weighted by molar-refractivity contribution is 0.0919. The Labute approximate surface area is 206 Å². The Morgan fingerprint density at radius 2 is 1.83 bits per heavy atom. The average molecular weight is 479 g/mol. The van der Waals surface area contributed by atoms with Crippen LogP contribution >= 0.6 is 0 Å². The van der Waals surface area contributed by atoms with Gasteiger partial charge < -0.3 is 24.4 Å². The summed E-state index contributed by atoms with van der Waals surface area (Å²) >= 11 is 0. The third-order valence-electron chi connectivity index (χ3n) is 7.93. The number of hydrogen-bond acceptors (Lipinski definition) is 7. The van der Waals surface area contributed by atoms with E-state index in [-0.39, 0.29) is 18.7 Å². The summed E-state index contributed by atoms with van der Waals surface area (Å²) in [5, 5.41) is 3.22. The summed E-state index contributed by atoms with van der Waals surface area (Å²) in [6.07, 6.45) is 8.63. The van der Waals surface area contributed by atoms with Gasteiger partial charge in [0.15, 0.2) is 23.1 Å². The Bertz CT molecular complexity index is 1060. The van der Waals surface area contributed by atoms with E-state index in [1.54, 1.807) is 6.07 Å². The van der Waals surface area contributed by atoms with Gasteiger partial charge in [0.1, 0.15) is 0 Å². The maximum absolute atomic E-state index is 12.7. The van der Waals surface area contributed by atoms with Crippen molar-refractivity contribution >= 4 is 11.7 Å². The zero-order chi connectivity index (χ0) is 23.6. The number of nitrogens with one attached hydrogen (secondary N) is 1. The molecule has 8 nitrogen and oxygen atoms in total. The van der Waals surface area contributed by atoms with E-state index in [1.807, 2.05) is 18.3 Å². The number of rotatable bonds is 6. The van der Waals surface area contributed by atoms with Gasteiger partial charge in [-0.2, -0.15) is 0 Å². The molecule has 3 aliphatic heterocycles. The minimum absolute atomic E-state index is 0.0198. The normalized spacial score (nSPS) is 23.6. The molecule has 0 spiro atoms. The molecule has 0 unspecified atom stereocenters. The van der Waals surface area contributed by atoms with Crippen LogP contribution in [0.1, 0.15) is 48.0 Å². The molecule has 0 bridgehead atoms. The molecule has 0 radical (unpaired) electrons. The lowest BCUT2D eigenvalue weighted by Gasteiger charge is -2.37. The molecule has 1 amide bonds. The predicted molar refractivity (Wildman–Crippen MR) is 132 cm³/mol. The van der Waals surface area contributed by atoms with Gasteiger partial charge in [-0.25, -0.2) is 4.98 Å². The first kappa shape index (κ1) is 22.5. The molecule has 0 atom stereocenters. The minimum atomic E-state index is -0.0198. The van der Waals surface area contributed by atoms with E-state index >= 15 is 0 Å². The van der Waals surface area contributed by atoms with Gasteiger partial charge in [-0.15, -0.1) is 0 Å². The van der Waals surface area contributed by atoms with Crippen LogP contribution < -0.4 is 24.4 Å². The zero-order valence-electron chi connectivity index (χ0n) is 20.2. The number of amides is 1. The molecule has 1 saturated heterocycles. The van der Waals surface area contributed by atoms with Crippen molar-refractivity contribution in [1.29, 1.82) is 0 Å². The van der Waals surface area contributed by atoms with Crippen LogP contribution in [0.15, 0.2) is 30.5 Å². The fourth-order valence-corrected chi connectivity index (χ4v) is 5.77. The van der Waals surface area contributed by atoms with Gasteiger partial charge >= 0.3 is 0 Å². The molecule has 1 aromatic carbocycles. The highest BCUT2D eigenvalue weighted by atomic mass is 16.7. The highest BCUT2D eigenvalue weighted by Gasteiger charge is 2.27. The van der Waals surface area contributed by atoms with Crippen LogP contribution in [0.2, 0.25) is 0 Å². The molecule has 1 aliphatic carbocycles. The Morgan fingerprint density at radius 1 is 1.00 bits per heavy atom. The molecular weight excluding hydrogens is 444 g/mol. The number of carbonyl (C=O) groups is 1. The summed E-state index contributed by atoms with van der Waals surface area (Å²) < 4.78 is 16.6. The summed E-state index contributed by atoms with van der Waals surface area (Å²) in [5.74, 6) is 4.12. The number of hydrogen-bond donors (Lipinski definition) is 1. The second-order valence-electron chi connectivity index (χ2n) is 10.1. The summed E-state index contributed by atoms with van der Waals surface area (Å²) in [6.45, 7) is 6.32. The van der Waals surface area contributed by atoms with Crippen molar-refractivity contribution in [1.82, 2.24) is 15.2 Å². The highest BCUT2D eigenvalue weighted by Crippen LogP contribution is 2.35. The predicted octanol–water partition coefficient (Wildman–Crippen LogP) is 3.25. The fraction of sp³-hybridized carbons (Fsp3) is 0.556. The number of carbonyl (C=O) groups excluding carboxylic acids is 1. The number of piperazine rings is 1. The van der Waals surface area contributed by atoms with Crippen LogP contribution in [0.3, 0.4) is 0 Å². The fourth-order valence-electron chi connectivity index (χ4n) is 5.77. The first-order chi connectivity index (χ1) is 17.2. The number of pyridine rings is 1. The monoisotopic (exact) mass is 478 g/mol. The van der Waals surface area contributed by atoms with Crippen molar-refractivity contribution in [2.45, 2.75) is 44.6 Å². The van der Waals surface area contributed by atoms with Crippen molar-refractivity contribution < 1.29 is 19.0 Å². The Kier molecular flexibility index (Phi) is 6.37. The van der Waals surface area contributed by atoms with Gasteiger partial charge in [0.2, 0.25) is 6.79 Å². The summed E-state index contributed by atoms with van der Waals surface area (Å²) in [7, 11) is 0. The van der Waals surface area contributed by atoms with Gasteiger partial charge in [-0.1, -0.05) is 0 Å². The summed E-state index contributed by atoms with van der Waals surface area (Å²) in [4.78, 5) is 22.3. The molecule has 6 rings (SSSR count). The zero-order valence-corrected chi connectivity index (χ0v) is 20.2. The molecule has 2 aromatic rings. The van der Waals surface area contributed by atoms with Crippen molar-refractivity contribution in [2.75, 3.05) is 51.0 Å². The van der Waals surface area contributed by atoms with Crippen molar-refractivity contribution in [2.24, 2.45) is 5.92 Å². The van der Waals surface area contributed by atoms with Crippen LogP contribution in [0, 0.1) is 5.92 Å². The van der Waals surface area contributed by atoms with Crippen LogP contribution in [0.25, 0.3) is 0 Å². The maximum atomic E-state index is 12.7. The third-order valence-corrected chi connectivity index (χ3v) is 7.93. The largest absolute Gasteiger partial charge is 0.489 e. The number of fused-ring (bicyclic) bond motifs is 2. The smallest absolute Gasteiger partial charge is 0.251 e.